The lowest BCUT2D eigenvalue weighted by Crippen LogP contribution is -2.47. The van der Waals surface area contributed by atoms with Crippen molar-refractivity contribution in [3.8, 4) is 16.9 Å². The van der Waals surface area contributed by atoms with E-state index in [4.69, 9.17) is 5.10 Å². The van der Waals surface area contributed by atoms with Crippen LogP contribution >= 0.6 is 11.8 Å². The Morgan fingerprint density at radius 2 is 1.94 bits per heavy atom. The van der Waals surface area contributed by atoms with E-state index in [2.05, 4.69) is 10.3 Å². The van der Waals surface area contributed by atoms with Gasteiger partial charge in [-0.25, -0.2) is 4.68 Å². The molecular weight excluding hydrogens is 434 g/mol. The monoisotopic (exact) mass is 461 g/mol. The number of nitrogens with one attached hydrogen (secondary N) is 1. The fourth-order valence-electron chi connectivity index (χ4n) is 3.79. The summed E-state index contributed by atoms with van der Waals surface area (Å²) in [7, 11) is 0. The molecule has 1 aromatic carbocycles. The van der Waals surface area contributed by atoms with Gasteiger partial charge in [0.25, 0.3) is 5.91 Å². The predicted octanol–water partition coefficient (Wildman–Crippen LogP) is 3.81. The molecule has 1 fully saturated rings. The minimum absolute atomic E-state index is 0.0728. The molecule has 1 saturated heterocycles. The number of hydrogen-bond donors (Lipinski definition) is 1. The first-order valence-electron chi connectivity index (χ1n) is 11.0. The van der Waals surface area contributed by atoms with Crippen molar-refractivity contribution in [2.75, 3.05) is 11.6 Å². The lowest BCUT2D eigenvalue weighted by atomic mass is 10.1. The van der Waals surface area contributed by atoms with Gasteiger partial charge < -0.3 is 10.2 Å². The van der Waals surface area contributed by atoms with Gasteiger partial charge in [-0.3, -0.25) is 14.6 Å². The molecule has 170 valence electrons. The number of carbonyl (C=O) groups is 2. The van der Waals surface area contributed by atoms with Crippen LogP contribution in [0.1, 0.15) is 25.8 Å². The zero-order chi connectivity index (χ0) is 23.2. The molecule has 1 aliphatic heterocycles. The average molecular weight is 462 g/mol. The Balaban J connectivity index is 1.54. The van der Waals surface area contributed by atoms with Crippen molar-refractivity contribution in [2.45, 2.75) is 32.9 Å². The van der Waals surface area contributed by atoms with E-state index < -0.39 is 6.04 Å². The molecule has 2 amide bonds. The number of para-hydroxylation sites is 1. The highest BCUT2D eigenvalue weighted by Crippen LogP contribution is 2.25. The van der Waals surface area contributed by atoms with Crippen molar-refractivity contribution in [3.05, 3.63) is 78.3 Å². The number of carbonyl (C=O) groups excluding carboxylic acids is 2. The normalized spacial score (nSPS) is 16.1. The van der Waals surface area contributed by atoms with Crippen LogP contribution in [-0.2, 0) is 16.1 Å². The largest absolute Gasteiger partial charge is 0.350 e. The molecule has 4 rings (SSSR count). The highest BCUT2D eigenvalue weighted by molar-refractivity contribution is 7.99. The molecule has 1 aliphatic rings. The van der Waals surface area contributed by atoms with E-state index >= 15 is 0 Å². The lowest BCUT2D eigenvalue weighted by molar-refractivity contribution is -0.135. The van der Waals surface area contributed by atoms with Crippen LogP contribution in [0.25, 0.3) is 16.9 Å². The number of amides is 2. The number of rotatable bonds is 7. The van der Waals surface area contributed by atoms with Crippen LogP contribution in [0.2, 0.25) is 0 Å². The Hall–Kier alpha value is -3.39. The van der Waals surface area contributed by atoms with Crippen molar-refractivity contribution in [1.82, 2.24) is 25.0 Å². The van der Waals surface area contributed by atoms with Gasteiger partial charge in [0, 0.05) is 47.6 Å². The van der Waals surface area contributed by atoms with Gasteiger partial charge in [-0.05, 0) is 37.6 Å². The van der Waals surface area contributed by atoms with E-state index in [1.54, 1.807) is 29.1 Å². The Labute approximate surface area is 197 Å². The van der Waals surface area contributed by atoms with Crippen molar-refractivity contribution in [3.63, 3.8) is 0 Å². The highest BCUT2D eigenvalue weighted by Gasteiger charge is 2.35. The molecule has 0 aliphatic carbocycles. The molecule has 8 heteroatoms. The van der Waals surface area contributed by atoms with E-state index in [1.807, 2.05) is 73.3 Å². The third-order valence-electron chi connectivity index (χ3n) is 5.51. The Bertz CT molecular complexity index is 1140. The topological polar surface area (TPSA) is 80.1 Å². The second-order valence-corrected chi connectivity index (χ2v) is 8.82. The van der Waals surface area contributed by atoms with Gasteiger partial charge in [-0.2, -0.15) is 5.10 Å². The van der Waals surface area contributed by atoms with E-state index in [0.717, 1.165) is 28.9 Å². The molecule has 0 spiro atoms. The molecule has 2 aromatic heterocycles. The standard InChI is InChI=1S/C25H27N5O2S/c1-3-7-18(2)25(32)29-17-33-16-22(29)24(31)27-14-20-15-30(21-8-5-4-6-9-21)28-23(20)19-10-12-26-13-11-19/h4-13,15,22H,3,14,16-17H2,1-2H3,(H,27,31)/b18-7-. The fraction of sp³-hybridized carbons (Fsp3) is 0.280. The SMILES string of the molecule is CC/C=C(/C)C(=O)N1CSCC1C(=O)NCc1cn(-c2ccccc2)nc1-c1ccncc1. The maximum absolute atomic E-state index is 13.1. The first-order chi connectivity index (χ1) is 16.1. The molecule has 3 heterocycles. The molecule has 33 heavy (non-hydrogen) atoms. The number of thioether (sulfide) groups is 1. The summed E-state index contributed by atoms with van der Waals surface area (Å²) in [5.41, 5.74) is 4.23. The van der Waals surface area contributed by atoms with Crippen molar-refractivity contribution >= 4 is 23.6 Å². The average Bonchev–Trinajstić information content (AvgIpc) is 3.51. The quantitative estimate of drug-likeness (QED) is 0.541. The maximum atomic E-state index is 13.1. The van der Waals surface area contributed by atoms with E-state index in [1.165, 1.54) is 0 Å². The third-order valence-corrected chi connectivity index (χ3v) is 6.52. The van der Waals surface area contributed by atoms with Gasteiger partial charge in [-0.15, -0.1) is 11.8 Å². The predicted molar refractivity (Wildman–Crippen MR) is 131 cm³/mol. The summed E-state index contributed by atoms with van der Waals surface area (Å²) in [5, 5.41) is 7.81. The van der Waals surface area contributed by atoms with Crippen molar-refractivity contribution in [1.29, 1.82) is 0 Å². The van der Waals surface area contributed by atoms with Crippen LogP contribution in [0.15, 0.2) is 72.7 Å². The number of nitrogens with zero attached hydrogens (tertiary/aromatic N) is 4. The minimum Gasteiger partial charge on any atom is -0.350 e. The van der Waals surface area contributed by atoms with Crippen molar-refractivity contribution in [2.24, 2.45) is 0 Å². The fourth-order valence-corrected chi connectivity index (χ4v) is 4.94. The second kappa shape index (κ2) is 10.5. The van der Waals surface area contributed by atoms with Crippen LogP contribution in [-0.4, -0.2) is 49.2 Å². The molecule has 1 unspecified atom stereocenters. The summed E-state index contributed by atoms with van der Waals surface area (Å²) in [6.07, 6.45) is 8.08. The number of pyridine rings is 1. The van der Waals surface area contributed by atoms with Gasteiger partial charge in [0.2, 0.25) is 5.91 Å². The highest BCUT2D eigenvalue weighted by atomic mass is 32.2. The third kappa shape index (κ3) is 5.17. The summed E-state index contributed by atoms with van der Waals surface area (Å²) in [4.78, 5) is 31.6. The van der Waals surface area contributed by atoms with Crippen LogP contribution in [0.3, 0.4) is 0 Å². The number of hydrogen-bond acceptors (Lipinski definition) is 5. The Kier molecular flexibility index (Phi) is 7.24. The first kappa shape index (κ1) is 22.8. The van der Waals surface area contributed by atoms with Crippen LogP contribution in [0.5, 0.6) is 0 Å². The zero-order valence-electron chi connectivity index (χ0n) is 18.8. The van der Waals surface area contributed by atoms with E-state index in [9.17, 15) is 9.59 Å². The van der Waals surface area contributed by atoms with E-state index in [-0.39, 0.29) is 11.8 Å². The number of aromatic nitrogens is 3. The zero-order valence-corrected chi connectivity index (χ0v) is 19.6. The van der Waals surface area contributed by atoms with Crippen LogP contribution in [0.4, 0.5) is 0 Å². The molecule has 1 atom stereocenters. The summed E-state index contributed by atoms with van der Waals surface area (Å²) < 4.78 is 1.82. The molecular formula is C25H27N5O2S. The first-order valence-corrected chi connectivity index (χ1v) is 12.1. The molecule has 0 saturated carbocycles. The van der Waals surface area contributed by atoms with Crippen LogP contribution < -0.4 is 5.32 Å². The summed E-state index contributed by atoms with van der Waals surface area (Å²) in [6, 6.07) is 13.2. The Morgan fingerprint density at radius 1 is 1.18 bits per heavy atom. The second-order valence-electron chi connectivity index (χ2n) is 7.82. The number of allylic oxidation sites excluding steroid dienone is 1. The summed E-state index contributed by atoms with van der Waals surface area (Å²) in [5.74, 6) is 0.902. The molecule has 3 aromatic rings. The lowest BCUT2D eigenvalue weighted by Gasteiger charge is -2.23. The van der Waals surface area contributed by atoms with Gasteiger partial charge >= 0.3 is 0 Å². The minimum atomic E-state index is -0.476. The molecule has 0 radical (unpaired) electrons. The smallest absolute Gasteiger partial charge is 0.250 e. The molecule has 1 N–H and O–H groups in total. The Morgan fingerprint density at radius 3 is 2.67 bits per heavy atom. The molecule has 7 nitrogen and oxygen atoms in total. The number of benzene rings is 1. The summed E-state index contributed by atoms with van der Waals surface area (Å²) in [6.45, 7) is 4.12. The van der Waals surface area contributed by atoms with E-state index in [0.29, 0.717) is 23.7 Å². The molecule has 0 bridgehead atoms. The maximum Gasteiger partial charge on any atom is 0.250 e. The van der Waals surface area contributed by atoms with Crippen LogP contribution in [0, 0.1) is 0 Å². The summed E-state index contributed by atoms with van der Waals surface area (Å²) >= 11 is 1.60. The van der Waals surface area contributed by atoms with Gasteiger partial charge in [0.15, 0.2) is 0 Å². The van der Waals surface area contributed by atoms with Gasteiger partial charge in [0.1, 0.15) is 6.04 Å². The van der Waals surface area contributed by atoms with Gasteiger partial charge in [-0.1, -0.05) is 31.2 Å². The van der Waals surface area contributed by atoms with Crippen molar-refractivity contribution < 1.29 is 9.59 Å². The van der Waals surface area contributed by atoms with Gasteiger partial charge in [0.05, 0.1) is 17.3 Å².